The van der Waals surface area contributed by atoms with Crippen molar-refractivity contribution in [3.05, 3.63) is 90.5 Å². The van der Waals surface area contributed by atoms with Crippen molar-refractivity contribution in [2.75, 3.05) is 18.2 Å². The van der Waals surface area contributed by atoms with Gasteiger partial charge < -0.3 is 20.4 Å². The summed E-state index contributed by atoms with van der Waals surface area (Å²) in [5.74, 6) is 1.58. The Morgan fingerprint density at radius 1 is 1.00 bits per heavy atom. The molecule has 5 aromatic rings. The second-order valence-electron chi connectivity index (χ2n) is 7.83. The van der Waals surface area contributed by atoms with E-state index in [9.17, 15) is 4.79 Å². The molecule has 3 N–H and O–H groups in total. The number of methoxy groups -OCH3 is 1. The van der Waals surface area contributed by atoms with Gasteiger partial charge in [-0.3, -0.25) is 9.78 Å². The molecule has 0 aliphatic heterocycles. The zero-order valence-electron chi connectivity index (χ0n) is 18.7. The predicted octanol–water partition coefficient (Wildman–Crippen LogP) is 4.63. The number of nitrogens with one attached hydrogen (secondary N) is 1. The number of benzene rings is 2. The van der Waals surface area contributed by atoms with Crippen LogP contribution in [0.1, 0.15) is 15.9 Å². The fraction of sp³-hybridized carbons (Fsp3) is 0.0769. The first kappa shape index (κ1) is 21.1. The quantitative estimate of drug-likeness (QED) is 0.404. The molecule has 5 rings (SSSR count). The fourth-order valence-corrected chi connectivity index (χ4v) is 3.79. The number of aromatic nitrogens is 4. The Labute approximate surface area is 196 Å². The summed E-state index contributed by atoms with van der Waals surface area (Å²) < 4.78 is 7.11. The number of amides is 1. The number of nitrogens with zero attached hydrogens (tertiary/aromatic N) is 4. The van der Waals surface area contributed by atoms with Crippen LogP contribution in [0.3, 0.4) is 0 Å². The van der Waals surface area contributed by atoms with Gasteiger partial charge in [-0.1, -0.05) is 6.07 Å². The molecular weight excluding hydrogens is 428 g/mol. The zero-order chi connectivity index (χ0) is 23.7. The number of nitrogen functional groups attached to an aromatic ring is 1. The lowest BCUT2D eigenvalue weighted by Crippen LogP contribution is -2.11. The van der Waals surface area contributed by atoms with Crippen molar-refractivity contribution in [3.8, 4) is 22.8 Å². The largest absolute Gasteiger partial charge is 0.497 e. The van der Waals surface area contributed by atoms with Gasteiger partial charge in [-0.2, -0.15) is 0 Å². The topological polar surface area (TPSA) is 108 Å². The molecule has 0 bridgehead atoms. The molecule has 2 aromatic carbocycles. The van der Waals surface area contributed by atoms with Crippen LogP contribution < -0.4 is 15.8 Å². The number of fused-ring (bicyclic) bond motifs is 1. The van der Waals surface area contributed by atoms with Gasteiger partial charge in [-0.05, 0) is 61.0 Å². The predicted molar refractivity (Wildman–Crippen MR) is 132 cm³/mol. The number of pyridine rings is 1. The Morgan fingerprint density at radius 2 is 1.82 bits per heavy atom. The van der Waals surface area contributed by atoms with Crippen molar-refractivity contribution in [1.29, 1.82) is 0 Å². The van der Waals surface area contributed by atoms with Gasteiger partial charge in [-0.25, -0.2) is 9.97 Å². The van der Waals surface area contributed by atoms with Crippen LogP contribution in [-0.4, -0.2) is 32.5 Å². The minimum absolute atomic E-state index is 0.198. The molecule has 0 saturated carbocycles. The van der Waals surface area contributed by atoms with Gasteiger partial charge in [0, 0.05) is 40.7 Å². The van der Waals surface area contributed by atoms with Crippen molar-refractivity contribution in [1.82, 2.24) is 19.5 Å². The number of hydrogen-bond donors (Lipinski definition) is 2. The lowest BCUT2D eigenvalue weighted by atomic mass is 10.0. The number of rotatable bonds is 5. The molecule has 0 aliphatic carbocycles. The van der Waals surface area contributed by atoms with Crippen molar-refractivity contribution < 1.29 is 9.53 Å². The van der Waals surface area contributed by atoms with Gasteiger partial charge in [-0.15, -0.1) is 0 Å². The lowest BCUT2D eigenvalue weighted by Gasteiger charge is -2.11. The van der Waals surface area contributed by atoms with Crippen molar-refractivity contribution in [3.63, 3.8) is 0 Å². The molecule has 8 nitrogen and oxygen atoms in total. The van der Waals surface area contributed by atoms with Gasteiger partial charge in [0.15, 0.2) is 0 Å². The highest BCUT2D eigenvalue weighted by molar-refractivity contribution is 6.04. The average Bonchev–Trinajstić information content (AvgIpc) is 3.28. The number of carbonyl (C=O) groups is 1. The summed E-state index contributed by atoms with van der Waals surface area (Å²) in [6, 6.07) is 18.5. The molecule has 34 heavy (non-hydrogen) atoms. The van der Waals surface area contributed by atoms with Crippen LogP contribution in [0.15, 0.2) is 79.4 Å². The number of hydrogen-bond acceptors (Lipinski definition) is 6. The van der Waals surface area contributed by atoms with E-state index in [1.54, 1.807) is 37.4 Å². The van der Waals surface area contributed by atoms with Gasteiger partial charge >= 0.3 is 0 Å². The van der Waals surface area contributed by atoms with Crippen molar-refractivity contribution in [2.45, 2.75) is 6.92 Å². The van der Waals surface area contributed by atoms with Gasteiger partial charge in [0.05, 0.1) is 18.3 Å². The molecule has 0 saturated heterocycles. The summed E-state index contributed by atoms with van der Waals surface area (Å²) in [6.45, 7) is 2.01. The standard InChI is InChI=1S/C26H22N6O2/c1-16-3-6-19(31-26(33)17-4-7-20(34-2)8-5-17)11-21(16)22-12-23-18(14-28-22)9-10-32(23)25-13-24(27)29-15-30-25/h3-15H,1-2H3,(H,31,33)(H2,27,29,30). The summed E-state index contributed by atoms with van der Waals surface area (Å²) in [5, 5.41) is 3.94. The number of anilines is 2. The van der Waals surface area contributed by atoms with Gasteiger partial charge in [0.25, 0.3) is 5.91 Å². The second-order valence-corrected chi connectivity index (χ2v) is 7.83. The van der Waals surface area contributed by atoms with Crippen molar-refractivity contribution in [2.24, 2.45) is 0 Å². The third-order valence-corrected chi connectivity index (χ3v) is 5.62. The normalized spacial score (nSPS) is 10.9. The molecule has 3 aromatic heterocycles. The number of nitrogens with two attached hydrogens (primary N) is 1. The van der Waals surface area contributed by atoms with Crippen molar-refractivity contribution >= 4 is 28.3 Å². The fourth-order valence-electron chi connectivity index (χ4n) is 3.79. The summed E-state index contributed by atoms with van der Waals surface area (Å²) in [6.07, 6.45) is 5.20. The lowest BCUT2D eigenvalue weighted by molar-refractivity contribution is 0.102. The first-order valence-corrected chi connectivity index (χ1v) is 10.6. The first-order valence-electron chi connectivity index (χ1n) is 10.6. The molecular formula is C26H22N6O2. The number of ether oxygens (including phenoxy) is 1. The monoisotopic (exact) mass is 450 g/mol. The van der Waals surface area contributed by atoms with E-state index in [1.807, 2.05) is 54.2 Å². The Kier molecular flexibility index (Phi) is 5.39. The summed E-state index contributed by atoms with van der Waals surface area (Å²) in [7, 11) is 1.59. The molecule has 1 amide bonds. The van der Waals surface area contributed by atoms with Gasteiger partial charge in [0.2, 0.25) is 0 Å². The van der Waals surface area contributed by atoms with E-state index in [0.717, 1.165) is 27.7 Å². The number of carbonyl (C=O) groups excluding carboxylic acids is 1. The number of aryl methyl sites for hydroxylation is 1. The molecule has 0 spiro atoms. The van der Waals surface area contributed by atoms with E-state index in [1.165, 1.54) is 6.33 Å². The van der Waals surface area contributed by atoms with E-state index in [2.05, 4.69) is 20.3 Å². The molecule has 0 atom stereocenters. The van der Waals surface area contributed by atoms with Crippen LogP contribution in [0.4, 0.5) is 11.5 Å². The molecule has 0 radical (unpaired) electrons. The molecule has 8 heteroatoms. The highest BCUT2D eigenvalue weighted by atomic mass is 16.5. The Hall–Kier alpha value is -4.72. The average molecular weight is 451 g/mol. The van der Waals surface area contributed by atoms with Crippen LogP contribution in [0.25, 0.3) is 28.0 Å². The maximum Gasteiger partial charge on any atom is 0.255 e. The van der Waals surface area contributed by atoms with Crippen LogP contribution in [0.5, 0.6) is 5.75 Å². The van der Waals surface area contributed by atoms with Gasteiger partial charge in [0.1, 0.15) is 23.7 Å². The molecule has 0 unspecified atom stereocenters. The van der Waals surface area contributed by atoms with Crippen LogP contribution >= 0.6 is 0 Å². The molecule has 0 aliphatic rings. The maximum atomic E-state index is 12.7. The Morgan fingerprint density at radius 3 is 2.59 bits per heavy atom. The first-order chi connectivity index (χ1) is 16.5. The van der Waals surface area contributed by atoms with E-state index in [4.69, 9.17) is 10.5 Å². The third-order valence-electron chi connectivity index (χ3n) is 5.62. The van der Waals surface area contributed by atoms with Crippen LogP contribution in [0, 0.1) is 6.92 Å². The maximum absolute atomic E-state index is 12.7. The van der Waals surface area contributed by atoms with E-state index >= 15 is 0 Å². The summed E-state index contributed by atoms with van der Waals surface area (Å²) >= 11 is 0. The van der Waals surface area contributed by atoms with E-state index < -0.39 is 0 Å². The van der Waals surface area contributed by atoms with E-state index in [0.29, 0.717) is 28.6 Å². The minimum atomic E-state index is -0.198. The Balaban J connectivity index is 1.48. The second kappa shape index (κ2) is 8.67. The highest BCUT2D eigenvalue weighted by Crippen LogP contribution is 2.29. The van der Waals surface area contributed by atoms with Crippen LogP contribution in [0.2, 0.25) is 0 Å². The molecule has 168 valence electrons. The smallest absolute Gasteiger partial charge is 0.255 e. The molecule has 0 fully saturated rings. The Bertz CT molecular complexity index is 1510. The minimum Gasteiger partial charge on any atom is -0.497 e. The third kappa shape index (κ3) is 4.04. The summed E-state index contributed by atoms with van der Waals surface area (Å²) in [5.41, 5.74) is 10.8. The highest BCUT2D eigenvalue weighted by Gasteiger charge is 2.12. The molecule has 3 heterocycles. The SMILES string of the molecule is COc1ccc(C(=O)Nc2ccc(C)c(-c3cc4c(ccn4-c4cc(N)ncn4)cn3)c2)cc1. The van der Waals surface area contributed by atoms with E-state index in [-0.39, 0.29) is 5.91 Å². The van der Waals surface area contributed by atoms with Crippen LogP contribution in [-0.2, 0) is 0 Å². The zero-order valence-corrected chi connectivity index (χ0v) is 18.7. The summed E-state index contributed by atoms with van der Waals surface area (Å²) in [4.78, 5) is 25.7.